The van der Waals surface area contributed by atoms with Crippen molar-refractivity contribution >= 4 is 37.6 Å². The number of hydrogen-bond donors (Lipinski definition) is 0. The van der Waals surface area contributed by atoms with Crippen LogP contribution in [0.3, 0.4) is 0 Å². The van der Waals surface area contributed by atoms with E-state index in [1.165, 1.54) is 64.8 Å². The summed E-state index contributed by atoms with van der Waals surface area (Å²) in [5.41, 5.74) is 8.24. The van der Waals surface area contributed by atoms with Crippen molar-refractivity contribution in [2.24, 2.45) is 0 Å². The fourth-order valence-corrected chi connectivity index (χ4v) is 3.29. The van der Waals surface area contributed by atoms with Gasteiger partial charge in [0.1, 0.15) is 0 Å². The molecule has 0 atom stereocenters. The molecule has 0 amide bonds. The van der Waals surface area contributed by atoms with Crippen LogP contribution in [0.5, 0.6) is 0 Å². The van der Waals surface area contributed by atoms with Crippen LogP contribution in [0.2, 0.25) is 0 Å². The summed E-state index contributed by atoms with van der Waals surface area (Å²) in [7, 11) is 1.36. The normalized spacial score (nSPS) is 9.47. The SMILES string of the molecule is C[CH-]C.Cc1cc2cc(C)c(C)cc2[cH-]1.Cc1cc2cc(C)c(C)cc2[cH-]1.[CH-]=[SiH2].[Zr+4]. The van der Waals surface area contributed by atoms with Crippen LogP contribution in [-0.4, -0.2) is 16.0 Å². The van der Waals surface area contributed by atoms with Crippen molar-refractivity contribution in [1.82, 2.24) is 0 Å². The van der Waals surface area contributed by atoms with E-state index in [0.717, 1.165) is 0 Å². The van der Waals surface area contributed by atoms with Gasteiger partial charge in [-0.2, -0.15) is 26.0 Å². The number of fused-ring (bicyclic) bond motifs is 2. The Labute approximate surface area is 206 Å². The van der Waals surface area contributed by atoms with Gasteiger partial charge in [-0.25, -0.2) is 9.85 Å². The van der Waals surface area contributed by atoms with Gasteiger partial charge in [0.05, 0.1) is 0 Å². The summed E-state index contributed by atoms with van der Waals surface area (Å²) in [5, 5.41) is 5.48. The minimum atomic E-state index is 0. The molecule has 0 aliphatic heterocycles. The van der Waals surface area contributed by atoms with Crippen molar-refractivity contribution < 1.29 is 26.2 Å². The van der Waals surface area contributed by atoms with Gasteiger partial charge >= 0.3 is 26.2 Å². The number of rotatable bonds is 0. The van der Waals surface area contributed by atoms with Crippen LogP contribution in [-0.2, 0) is 26.2 Å². The van der Waals surface area contributed by atoms with Gasteiger partial charge in [-0.05, 0) is 27.7 Å². The second kappa shape index (κ2) is 13.8. The van der Waals surface area contributed by atoms with E-state index in [9.17, 15) is 0 Å². The zero-order valence-electron chi connectivity index (χ0n) is 20.0. The molecule has 0 unspecified atom stereocenters. The molecule has 0 aromatic heterocycles. The Morgan fingerprint density at radius 3 is 1.17 bits per heavy atom. The minimum Gasteiger partial charge on any atom is -0.533 e. The molecule has 0 fully saturated rings. The third kappa shape index (κ3) is 8.05. The molecule has 30 heavy (non-hydrogen) atoms. The molecule has 0 heterocycles. The van der Waals surface area contributed by atoms with Gasteiger partial charge in [0.2, 0.25) is 0 Å². The molecule has 0 saturated carbocycles. The van der Waals surface area contributed by atoms with Crippen LogP contribution in [0, 0.1) is 48.0 Å². The van der Waals surface area contributed by atoms with Crippen molar-refractivity contribution in [3.63, 3.8) is 0 Å². The van der Waals surface area contributed by atoms with E-state index in [4.69, 9.17) is 0 Å². The van der Waals surface area contributed by atoms with Gasteiger partial charge in [0.15, 0.2) is 0 Å². The molecule has 156 valence electrons. The fraction of sp³-hybridized carbons (Fsp3) is 0.286. The molecular weight excluding hydrogens is 456 g/mol. The Balaban J connectivity index is 0.000000451. The van der Waals surface area contributed by atoms with Crippen molar-refractivity contribution in [2.45, 2.75) is 55.4 Å². The van der Waals surface area contributed by atoms with E-state index in [2.05, 4.69) is 96.2 Å². The summed E-state index contributed by atoms with van der Waals surface area (Å²) in [6, 6.07) is 18.0. The first-order valence-electron chi connectivity index (χ1n) is 10.2. The molecule has 4 aromatic rings. The maximum atomic E-state index is 4.53. The molecule has 4 aromatic carbocycles. The van der Waals surface area contributed by atoms with Gasteiger partial charge in [0, 0.05) is 0 Å². The fourth-order valence-electron chi connectivity index (χ4n) is 3.29. The average Bonchev–Trinajstić information content (AvgIpc) is 3.19. The average molecular weight is 492 g/mol. The Morgan fingerprint density at radius 2 is 0.867 bits per heavy atom. The largest absolute Gasteiger partial charge is 4.00 e. The second-order valence-corrected chi connectivity index (χ2v) is 7.77. The summed E-state index contributed by atoms with van der Waals surface area (Å²) in [5.74, 6) is 0. The van der Waals surface area contributed by atoms with Gasteiger partial charge in [-0.3, -0.25) is 0 Å². The van der Waals surface area contributed by atoms with E-state index in [0.29, 0.717) is 0 Å². The number of benzene rings is 2. The summed E-state index contributed by atoms with van der Waals surface area (Å²) in [6.45, 7) is 16.9. The number of aryl methyl sites for hydroxylation is 6. The van der Waals surface area contributed by atoms with Crippen molar-refractivity contribution in [3.05, 3.63) is 88.3 Å². The Hall–Kier alpha value is -1.37. The topological polar surface area (TPSA) is 0 Å². The maximum Gasteiger partial charge on any atom is 4.00 e. The molecule has 0 N–H and O–H groups in total. The first-order valence-corrected chi connectivity index (χ1v) is 11.0. The van der Waals surface area contributed by atoms with Crippen LogP contribution < -0.4 is 0 Å². The Kier molecular flexibility index (Phi) is 13.2. The third-order valence-corrected chi connectivity index (χ3v) is 4.93. The van der Waals surface area contributed by atoms with Crippen LogP contribution in [0.25, 0.3) is 21.5 Å². The number of hydrogen-bond acceptors (Lipinski definition) is 0. The van der Waals surface area contributed by atoms with Crippen LogP contribution in [0.15, 0.2) is 48.5 Å². The first-order chi connectivity index (χ1) is 13.7. The molecule has 0 saturated heterocycles. The Bertz CT molecular complexity index is 888. The van der Waals surface area contributed by atoms with Crippen molar-refractivity contribution in [1.29, 1.82) is 0 Å². The molecule has 2 heteroatoms. The van der Waals surface area contributed by atoms with E-state index >= 15 is 0 Å². The standard InChI is InChI=1S/2C12H13.C3H7.CH3Si.Zr/c2*1-8-4-11-6-9(2)10(3)7-12(11)5-8;1-3-2;1-2;/h2*4-7H,1-3H3;3H,1-2H3;1H,2H2;/q4*-1;+4. The monoisotopic (exact) mass is 490 g/mol. The van der Waals surface area contributed by atoms with E-state index in [1.54, 1.807) is 0 Å². The van der Waals surface area contributed by atoms with Crippen LogP contribution in [0.1, 0.15) is 47.2 Å². The molecule has 4 rings (SSSR count). The van der Waals surface area contributed by atoms with Gasteiger partial charge in [-0.1, -0.05) is 36.1 Å². The van der Waals surface area contributed by atoms with Crippen molar-refractivity contribution in [3.8, 4) is 0 Å². The second-order valence-electron chi connectivity index (χ2n) is 7.77. The van der Waals surface area contributed by atoms with Crippen LogP contribution >= 0.6 is 0 Å². The zero-order chi connectivity index (χ0) is 22.1. The van der Waals surface area contributed by atoms with Gasteiger partial charge < -0.3 is 12.6 Å². The molecule has 0 aliphatic rings. The molecule has 0 nitrogen and oxygen atoms in total. The van der Waals surface area contributed by atoms with E-state index < -0.39 is 0 Å². The summed E-state index contributed by atoms with van der Waals surface area (Å²) in [6.07, 6.45) is 6.53. The van der Waals surface area contributed by atoms with E-state index in [-0.39, 0.29) is 26.2 Å². The van der Waals surface area contributed by atoms with Gasteiger partial charge in [0.25, 0.3) is 0 Å². The molecular formula is C28H36SiZr. The van der Waals surface area contributed by atoms with Gasteiger partial charge in [-0.15, -0.1) is 69.1 Å². The zero-order valence-corrected chi connectivity index (χ0v) is 23.9. The molecule has 0 radical (unpaired) electrons. The molecule has 0 spiro atoms. The quantitative estimate of drug-likeness (QED) is 0.181. The summed E-state index contributed by atoms with van der Waals surface area (Å²) >= 11 is 0. The van der Waals surface area contributed by atoms with Crippen molar-refractivity contribution in [2.75, 3.05) is 0 Å². The smallest absolute Gasteiger partial charge is 0.533 e. The van der Waals surface area contributed by atoms with E-state index in [1.807, 2.05) is 20.3 Å². The third-order valence-electron chi connectivity index (χ3n) is 4.93. The maximum absolute atomic E-state index is 4.53. The minimum absolute atomic E-state index is 0. The molecule has 0 bridgehead atoms. The predicted molar refractivity (Wildman–Crippen MR) is 138 cm³/mol. The predicted octanol–water partition coefficient (Wildman–Crippen LogP) is 7.12. The summed E-state index contributed by atoms with van der Waals surface area (Å²) in [4.78, 5) is 0. The summed E-state index contributed by atoms with van der Waals surface area (Å²) < 4.78 is 0. The Morgan fingerprint density at radius 1 is 0.600 bits per heavy atom. The van der Waals surface area contributed by atoms with Crippen LogP contribution in [0.4, 0.5) is 0 Å². The molecule has 0 aliphatic carbocycles. The first kappa shape index (κ1) is 28.6.